The number of ether oxygens (including phenoxy) is 2. The number of carbonyl (C=O) groups excluding carboxylic acids is 1. The van der Waals surface area contributed by atoms with Crippen molar-refractivity contribution in [1.82, 2.24) is 15.0 Å². The smallest absolute Gasteiger partial charge is 0.305 e. The number of hydrogen-bond donors (Lipinski definition) is 1. The highest BCUT2D eigenvalue weighted by atomic mass is 16.5. The molecule has 1 fully saturated rings. The number of rotatable bonds is 5. The third-order valence-corrected chi connectivity index (χ3v) is 5.89. The Hall–Kier alpha value is -3.13. The lowest BCUT2D eigenvalue weighted by molar-refractivity contribution is -0.140. The Morgan fingerprint density at radius 1 is 1.37 bits per heavy atom. The number of nitrogens with one attached hydrogen (secondary N) is 1. The Bertz CT molecular complexity index is 1070. The molecule has 156 valence electrons. The van der Waals surface area contributed by atoms with Gasteiger partial charge in [0, 0.05) is 48.7 Å². The molecule has 1 saturated heterocycles. The fraction of sp³-hybridized carbons (Fsp3) is 0.409. The molecular formula is C22H25N5O3. The van der Waals surface area contributed by atoms with Crippen molar-refractivity contribution < 1.29 is 14.3 Å². The number of fused-ring (bicyclic) bond motifs is 4. The lowest BCUT2D eigenvalue weighted by Crippen LogP contribution is -2.55. The van der Waals surface area contributed by atoms with E-state index in [0.29, 0.717) is 19.6 Å². The van der Waals surface area contributed by atoms with Crippen LogP contribution in [0.5, 0.6) is 0 Å². The van der Waals surface area contributed by atoms with E-state index >= 15 is 0 Å². The molecule has 8 nitrogen and oxygen atoms in total. The second-order valence-electron chi connectivity index (χ2n) is 7.69. The molecule has 8 heteroatoms. The van der Waals surface area contributed by atoms with E-state index in [-0.39, 0.29) is 12.0 Å². The van der Waals surface area contributed by atoms with Gasteiger partial charge in [-0.05, 0) is 18.6 Å². The van der Waals surface area contributed by atoms with Crippen LogP contribution < -0.4 is 9.80 Å². The Morgan fingerprint density at radius 3 is 3.20 bits per heavy atom. The van der Waals surface area contributed by atoms with Crippen molar-refractivity contribution in [2.24, 2.45) is 0 Å². The van der Waals surface area contributed by atoms with Gasteiger partial charge < -0.3 is 24.3 Å². The molecule has 5 rings (SSSR count). The summed E-state index contributed by atoms with van der Waals surface area (Å²) in [6.45, 7) is 3.79. The van der Waals surface area contributed by atoms with Gasteiger partial charge in [0.05, 0.1) is 38.2 Å². The maximum Gasteiger partial charge on any atom is 0.305 e. The van der Waals surface area contributed by atoms with Gasteiger partial charge in [0.1, 0.15) is 0 Å². The van der Waals surface area contributed by atoms with Crippen molar-refractivity contribution in [2.75, 3.05) is 49.8 Å². The van der Waals surface area contributed by atoms with Crippen molar-refractivity contribution in [3.63, 3.8) is 0 Å². The second-order valence-corrected chi connectivity index (χ2v) is 7.69. The zero-order valence-corrected chi connectivity index (χ0v) is 17.0. The number of hydrogen-bond acceptors (Lipinski definition) is 7. The maximum absolute atomic E-state index is 11.5. The Morgan fingerprint density at radius 2 is 2.30 bits per heavy atom. The number of morpholine rings is 1. The van der Waals surface area contributed by atoms with Crippen LogP contribution in [0.3, 0.4) is 0 Å². The molecule has 1 aromatic carbocycles. The van der Waals surface area contributed by atoms with E-state index in [1.54, 1.807) is 0 Å². The molecule has 1 atom stereocenters. The number of benzene rings is 1. The third kappa shape index (κ3) is 3.37. The Balaban J connectivity index is 1.50. The van der Waals surface area contributed by atoms with Crippen molar-refractivity contribution >= 4 is 28.4 Å². The van der Waals surface area contributed by atoms with Gasteiger partial charge in [-0.1, -0.05) is 12.1 Å². The summed E-state index contributed by atoms with van der Waals surface area (Å²) < 4.78 is 10.5. The van der Waals surface area contributed by atoms with E-state index in [2.05, 4.69) is 33.0 Å². The van der Waals surface area contributed by atoms with E-state index in [9.17, 15) is 4.79 Å². The van der Waals surface area contributed by atoms with Gasteiger partial charge in [-0.3, -0.25) is 4.79 Å². The zero-order chi connectivity index (χ0) is 20.5. The molecule has 1 N–H and O–H groups in total. The highest BCUT2D eigenvalue weighted by Gasteiger charge is 2.34. The highest BCUT2D eigenvalue weighted by molar-refractivity contribution is 5.93. The molecule has 0 radical (unpaired) electrons. The van der Waals surface area contributed by atoms with Crippen molar-refractivity contribution in [1.29, 1.82) is 0 Å². The quantitative estimate of drug-likeness (QED) is 0.651. The summed E-state index contributed by atoms with van der Waals surface area (Å²) in [5, 5.41) is 1.11. The zero-order valence-electron chi connectivity index (χ0n) is 17.0. The van der Waals surface area contributed by atoms with Gasteiger partial charge in [-0.25, -0.2) is 9.97 Å². The minimum Gasteiger partial charge on any atom is -0.469 e. The van der Waals surface area contributed by atoms with Crippen LogP contribution in [0.1, 0.15) is 12.8 Å². The number of methoxy groups -OCH3 is 1. The number of anilines is 2. The molecule has 0 bridgehead atoms. The molecule has 0 spiro atoms. The van der Waals surface area contributed by atoms with Crippen LogP contribution in [0.4, 0.5) is 11.5 Å². The van der Waals surface area contributed by atoms with Crippen LogP contribution in [0.2, 0.25) is 0 Å². The van der Waals surface area contributed by atoms with E-state index in [0.717, 1.165) is 59.9 Å². The van der Waals surface area contributed by atoms with Crippen LogP contribution in [-0.4, -0.2) is 66.9 Å². The van der Waals surface area contributed by atoms with Gasteiger partial charge in [0.2, 0.25) is 0 Å². The predicted molar refractivity (Wildman–Crippen MR) is 115 cm³/mol. The van der Waals surface area contributed by atoms with Crippen LogP contribution in [0.25, 0.3) is 22.3 Å². The first kappa shape index (κ1) is 18.9. The standard InChI is InChI=1S/C22H25N5O3/c1-29-20(28)6-3-9-26-13-15-14-30-11-10-27(15)22-19(26)12-24-21(25-22)17-4-2-5-18-16(17)7-8-23-18/h2,4-5,7-8,12,15,23H,3,6,9-11,13-14H2,1H3/t15-/m1/s1. The topological polar surface area (TPSA) is 83.6 Å². The van der Waals surface area contributed by atoms with Crippen LogP contribution in [0, 0.1) is 0 Å². The van der Waals surface area contributed by atoms with Crippen LogP contribution in [-0.2, 0) is 14.3 Å². The lowest BCUT2D eigenvalue weighted by atomic mass is 10.1. The first-order chi connectivity index (χ1) is 14.7. The summed E-state index contributed by atoms with van der Waals surface area (Å²) in [5.74, 6) is 1.49. The van der Waals surface area contributed by atoms with E-state index < -0.39 is 0 Å². The van der Waals surface area contributed by atoms with Gasteiger partial charge in [-0.15, -0.1) is 0 Å². The molecule has 2 aliphatic heterocycles. The Labute approximate surface area is 174 Å². The maximum atomic E-state index is 11.5. The van der Waals surface area contributed by atoms with Gasteiger partial charge >= 0.3 is 5.97 Å². The Kier molecular flexibility index (Phi) is 5.00. The number of esters is 1. The normalized spacial score (nSPS) is 18.2. The van der Waals surface area contributed by atoms with Gasteiger partial charge in [-0.2, -0.15) is 0 Å². The summed E-state index contributed by atoms with van der Waals surface area (Å²) in [5.41, 5.74) is 3.11. The van der Waals surface area contributed by atoms with E-state index in [1.807, 2.05) is 18.5 Å². The molecule has 3 aromatic rings. The predicted octanol–water partition coefficient (Wildman–Crippen LogP) is 2.60. The van der Waals surface area contributed by atoms with E-state index in [4.69, 9.17) is 19.4 Å². The SMILES string of the molecule is COC(=O)CCCN1C[C@@H]2COCCN2c2nc(-c3cccc4[nH]ccc34)ncc21. The average Bonchev–Trinajstić information content (AvgIpc) is 3.27. The lowest BCUT2D eigenvalue weighted by Gasteiger charge is -2.45. The molecule has 0 aliphatic carbocycles. The molecule has 30 heavy (non-hydrogen) atoms. The summed E-state index contributed by atoms with van der Waals surface area (Å²) in [6.07, 6.45) is 4.99. The average molecular weight is 407 g/mol. The third-order valence-electron chi connectivity index (χ3n) is 5.89. The molecule has 0 amide bonds. The first-order valence-electron chi connectivity index (χ1n) is 10.3. The number of aromatic amines is 1. The minimum atomic E-state index is -0.180. The van der Waals surface area contributed by atoms with Gasteiger partial charge in [0.15, 0.2) is 11.6 Å². The van der Waals surface area contributed by atoms with Crippen LogP contribution >= 0.6 is 0 Å². The summed E-state index contributed by atoms with van der Waals surface area (Å²) in [4.78, 5) is 29.1. The minimum absolute atomic E-state index is 0.180. The summed E-state index contributed by atoms with van der Waals surface area (Å²) in [7, 11) is 1.43. The number of carbonyl (C=O) groups is 1. The van der Waals surface area contributed by atoms with Crippen molar-refractivity contribution in [3.05, 3.63) is 36.7 Å². The van der Waals surface area contributed by atoms with Gasteiger partial charge in [0.25, 0.3) is 0 Å². The number of aromatic nitrogens is 3. The van der Waals surface area contributed by atoms with Crippen molar-refractivity contribution in [2.45, 2.75) is 18.9 Å². The summed E-state index contributed by atoms with van der Waals surface area (Å²) >= 11 is 0. The number of H-pyrrole nitrogens is 1. The van der Waals surface area contributed by atoms with Crippen molar-refractivity contribution in [3.8, 4) is 11.4 Å². The largest absolute Gasteiger partial charge is 0.469 e. The second kappa shape index (κ2) is 7.95. The molecule has 2 aromatic heterocycles. The fourth-order valence-electron chi connectivity index (χ4n) is 4.38. The number of nitrogens with zero attached hydrogens (tertiary/aromatic N) is 4. The molecule has 0 saturated carbocycles. The molecule has 2 aliphatic rings. The monoisotopic (exact) mass is 407 g/mol. The van der Waals surface area contributed by atoms with E-state index in [1.165, 1.54) is 7.11 Å². The summed E-state index contributed by atoms with van der Waals surface area (Å²) in [6, 6.07) is 8.44. The first-order valence-corrected chi connectivity index (χ1v) is 10.3. The van der Waals surface area contributed by atoms with Crippen LogP contribution in [0.15, 0.2) is 36.7 Å². The highest BCUT2D eigenvalue weighted by Crippen LogP contribution is 2.37. The fourth-order valence-corrected chi connectivity index (χ4v) is 4.38. The molecule has 4 heterocycles. The molecule has 0 unspecified atom stereocenters. The molecular weight excluding hydrogens is 382 g/mol.